The summed E-state index contributed by atoms with van der Waals surface area (Å²) in [6, 6.07) is 4.67. The van der Waals surface area contributed by atoms with Crippen molar-refractivity contribution in [2.45, 2.75) is 32.6 Å². The Labute approximate surface area is 160 Å². The molecule has 1 atom stereocenters. The number of fused-ring (bicyclic) bond motifs is 1. The highest BCUT2D eigenvalue weighted by Gasteiger charge is 2.28. The van der Waals surface area contributed by atoms with Gasteiger partial charge in [0.1, 0.15) is 5.00 Å². The molecule has 0 aliphatic heterocycles. The minimum Gasteiger partial charge on any atom is -0.365 e. The van der Waals surface area contributed by atoms with Crippen LogP contribution in [0.1, 0.15) is 50.9 Å². The second kappa shape index (κ2) is 7.36. The van der Waals surface area contributed by atoms with Crippen molar-refractivity contribution < 1.29 is 9.59 Å². The summed E-state index contributed by atoms with van der Waals surface area (Å²) in [4.78, 5) is 25.7. The predicted molar refractivity (Wildman–Crippen MR) is 103 cm³/mol. The molecule has 1 heterocycles. The van der Waals surface area contributed by atoms with Gasteiger partial charge in [0, 0.05) is 9.90 Å². The molecule has 132 valence electrons. The molecule has 3 N–H and O–H groups in total. The standard InChI is InChI=1S/C18H18Cl2N2O2S/c1-2-9-3-5-12-14(7-9)25-18(15(12)16(21)23)22-17(24)11-6-4-10(19)8-13(11)20/h4,6,8-9H,2-3,5,7H2,1H3,(H2,21,23)(H,22,24). The molecule has 0 fully saturated rings. The average molecular weight is 397 g/mol. The lowest BCUT2D eigenvalue weighted by Gasteiger charge is -2.20. The van der Waals surface area contributed by atoms with E-state index in [1.165, 1.54) is 17.4 Å². The number of rotatable bonds is 4. The first kappa shape index (κ1) is 18.2. The number of carbonyl (C=O) groups is 2. The second-order valence-electron chi connectivity index (χ2n) is 6.17. The van der Waals surface area contributed by atoms with Gasteiger partial charge in [-0.05, 0) is 48.9 Å². The summed E-state index contributed by atoms with van der Waals surface area (Å²) in [7, 11) is 0. The maximum absolute atomic E-state index is 12.6. The van der Waals surface area contributed by atoms with Crippen LogP contribution in [0.3, 0.4) is 0 Å². The lowest BCUT2D eigenvalue weighted by molar-refractivity contribution is 0.1000. The van der Waals surface area contributed by atoms with Crippen LogP contribution in [0.2, 0.25) is 10.0 Å². The minimum absolute atomic E-state index is 0.262. The molecular weight excluding hydrogens is 379 g/mol. The lowest BCUT2D eigenvalue weighted by atomic mass is 9.85. The Morgan fingerprint density at radius 3 is 2.76 bits per heavy atom. The largest absolute Gasteiger partial charge is 0.365 e. The fraction of sp³-hybridized carbons (Fsp3) is 0.333. The van der Waals surface area contributed by atoms with Crippen molar-refractivity contribution in [2.75, 3.05) is 5.32 Å². The molecule has 0 saturated carbocycles. The summed E-state index contributed by atoms with van der Waals surface area (Å²) < 4.78 is 0. The number of nitrogens with one attached hydrogen (secondary N) is 1. The van der Waals surface area contributed by atoms with Crippen molar-refractivity contribution in [2.24, 2.45) is 11.7 Å². The number of carbonyl (C=O) groups excluding carboxylic acids is 2. The molecule has 0 saturated heterocycles. The third-order valence-corrected chi connectivity index (χ3v) is 6.31. The molecule has 0 spiro atoms. The van der Waals surface area contributed by atoms with E-state index in [0.717, 1.165) is 36.1 Å². The molecule has 1 unspecified atom stereocenters. The zero-order valence-electron chi connectivity index (χ0n) is 13.7. The normalized spacial score (nSPS) is 16.4. The lowest BCUT2D eigenvalue weighted by Crippen LogP contribution is -2.20. The summed E-state index contributed by atoms with van der Waals surface area (Å²) in [5.41, 5.74) is 7.32. The first-order chi connectivity index (χ1) is 11.9. The molecule has 2 aromatic rings. The van der Waals surface area contributed by atoms with Crippen molar-refractivity contribution in [1.82, 2.24) is 0 Å². The van der Waals surface area contributed by atoms with E-state index in [1.54, 1.807) is 12.1 Å². The Balaban J connectivity index is 1.93. The highest BCUT2D eigenvalue weighted by atomic mass is 35.5. The Kier molecular flexibility index (Phi) is 5.37. The van der Waals surface area contributed by atoms with Crippen LogP contribution in [0, 0.1) is 5.92 Å². The number of primary amides is 1. The Hall–Kier alpha value is -1.56. The molecule has 4 nitrogen and oxygen atoms in total. The van der Waals surface area contributed by atoms with Gasteiger partial charge in [0.05, 0.1) is 16.1 Å². The SMILES string of the molecule is CCC1CCc2c(sc(NC(=O)c3ccc(Cl)cc3Cl)c2C(N)=O)C1. The van der Waals surface area contributed by atoms with Crippen LogP contribution in [0.25, 0.3) is 0 Å². The third-order valence-electron chi connectivity index (χ3n) is 4.59. The van der Waals surface area contributed by atoms with Crippen LogP contribution in [0.5, 0.6) is 0 Å². The second-order valence-corrected chi connectivity index (χ2v) is 8.12. The van der Waals surface area contributed by atoms with Gasteiger partial charge in [-0.2, -0.15) is 0 Å². The van der Waals surface area contributed by atoms with Crippen LogP contribution in [0.4, 0.5) is 5.00 Å². The van der Waals surface area contributed by atoms with Crippen molar-refractivity contribution in [3.8, 4) is 0 Å². The van der Waals surface area contributed by atoms with E-state index in [0.29, 0.717) is 27.1 Å². The Morgan fingerprint density at radius 1 is 1.36 bits per heavy atom. The van der Waals surface area contributed by atoms with Crippen molar-refractivity contribution in [3.63, 3.8) is 0 Å². The number of hydrogen-bond donors (Lipinski definition) is 2. The zero-order valence-corrected chi connectivity index (χ0v) is 16.0. The van der Waals surface area contributed by atoms with E-state index in [-0.39, 0.29) is 10.9 Å². The van der Waals surface area contributed by atoms with Crippen LogP contribution in [-0.2, 0) is 12.8 Å². The molecule has 1 aliphatic carbocycles. The molecule has 0 radical (unpaired) electrons. The van der Waals surface area contributed by atoms with E-state index < -0.39 is 5.91 Å². The molecule has 3 rings (SSSR count). The summed E-state index contributed by atoms with van der Waals surface area (Å²) >= 11 is 13.4. The number of benzene rings is 1. The summed E-state index contributed by atoms with van der Waals surface area (Å²) in [6.07, 6.45) is 3.89. The highest BCUT2D eigenvalue weighted by Crippen LogP contribution is 2.40. The Morgan fingerprint density at radius 2 is 2.12 bits per heavy atom. The molecule has 1 aromatic carbocycles. The number of thiophene rings is 1. The monoisotopic (exact) mass is 396 g/mol. The maximum Gasteiger partial charge on any atom is 0.257 e. The number of amides is 2. The summed E-state index contributed by atoms with van der Waals surface area (Å²) in [5, 5.41) is 4.03. The van der Waals surface area contributed by atoms with E-state index >= 15 is 0 Å². The van der Waals surface area contributed by atoms with Gasteiger partial charge < -0.3 is 11.1 Å². The van der Waals surface area contributed by atoms with Crippen molar-refractivity contribution in [1.29, 1.82) is 0 Å². The minimum atomic E-state index is -0.509. The quantitative estimate of drug-likeness (QED) is 0.769. The number of halogens is 2. The van der Waals surface area contributed by atoms with Gasteiger partial charge in [-0.1, -0.05) is 36.5 Å². The van der Waals surface area contributed by atoms with Crippen molar-refractivity contribution in [3.05, 3.63) is 49.8 Å². The molecule has 0 bridgehead atoms. The molecular formula is C18H18Cl2N2O2S. The van der Waals surface area contributed by atoms with Crippen LogP contribution >= 0.6 is 34.5 Å². The van der Waals surface area contributed by atoms with Gasteiger partial charge in [0.25, 0.3) is 11.8 Å². The fourth-order valence-corrected chi connectivity index (χ4v) is 5.05. The molecule has 1 aliphatic rings. The van der Waals surface area contributed by atoms with Crippen LogP contribution < -0.4 is 11.1 Å². The van der Waals surface area contributed by atoms with E-state index in [4.69, 9.17) is 28.9 Å². The van der Waals surface area contributed by atoms with Gasteiger partial charge in [-0.15, -0.1) is 11.3 Å². The highest BCUT2D eigenvalue weighted by molar-refractivity contribution is 7.17. The zero-order chi connectivity index (χ0) is 18.1. The first-order valence-corrected chi connectivity index (χ1v) is 9.68. The molecule has 2 amide bonds. The molecule has 25 heavy (non-hydrogen) atoms. The fourth-order valence-electron chi connectivity index (χ4n) is 3.20. The van der Waals surface area contributed by atoms with Gasteiger partial charge in [0.2, 0.25) is 0 Å². The van der Waals surface area contributed by atoms with Crippen LogP contribution in [0.15, 0.2) is 18.2 Å². The van der Waals surface area contributed by atoms with Gasteiger partial charge >= 0.3 is 0 Å². The van der Waals surface area contributed by atoms with Crippen LogP contribution in [-0.4, -0.2) is 11.8 Å². The number of anilines is 1. The Bertz CT molecular complexity index is 848. The number of nitrogens with two attached hydrogens (primary N) is 1. The maximum atomic E-state index is 12.6. The third kappa shape index (κ3) is 3.68. The van der Waals surface area contributed by atoms with Gasteiger partial charge in [-0.25, -0.2) is 0 Å². The van der Waals surface area contributed by atoms with E-state index in [2.05, 4.69) is 12.2 Å². The van der Waals surface area contributed by atoms with E-state index in [1.807, 2.05) is 0 Å². The molecule has 7 heteroatoms. The van der Waals surface area contributed by atoms with E-state index in [9.17, 15) is 9.59 Å². The average Bonchev–Trinajstić information content (AvgIpc) is 2.91. The topological polar surface area (TPSA) is 72.2 Å². The predicted octanol–water partition coefficient (Wildman–Crippen LogP) is 4.92. The first-order valence-electron chi connectivity index (χ1n) is 8.11. The number of hydrogen-bond acceptors (Lipinski definition) is 3. The summed E-state index contributed by atoms with van der Waals surface area (Å²) in [6.45, 7) is 2.17. The summed E-state index contributed by atoms with van der Waals surface area (Å²) in [5.74, 6) is -0.277. The molecule has 1 aromatic heterocycles. The van der Waals surface area contributed by atoms with Crippen molar-refractivity contribution >= 4 is 51.4 Å². The van der Waals surface area contributed by atoms with Gasteiger partial charge in [0.15, 0.2) is 0 Å². The van der Waals surface area contributed by atoms with Gasteiger partial charge in [-0.3, -0.25) is 9.59 Å². The smallest absolute Gasteiger partial charge is 0.257 e.